The molecule has 3 rings (SSSR count). The van der Waals surface area contributed by atoms with E-state index in [1.807, 2.05) is 0 Å². The number of carbonyl (C=O) groups excluding carboxylic acids is 3. The van der Waals surface area contributed by atoms with Crippen molar-refractivity contribution in [2.75, 3.05) is 24.2 Å². The highest BCUT2D eigenvalue weighted by atomic mass is 32.2. The standard InChI is InChI=1S/C20H27N3O5S/c1-4-14-9-11-20(12-10-14)18(25)23(19(26)21-20)13-17(24)15-5-7-16(8-6-15)22(2)29(3,27)28/h5-8,14H,4,9-13H2,1-3H3,(H,21,26). The van der Waals surface area contributed by atoms with Crippen molar-refractivity contribution < 1.29 is 22.8 Å². The molecule has 2 fully saturated rings. The molecule has 158 valence electrons. The van der Waals surface area contributed by atoms with E-state index in [-0.39, 0.29) is 18.2 Å². The Hall–Kier alpha value is -2.42. The summed E-state index contributed by atoms with van der Waals surface area (Å²) >= 11 is 0. The number of benzene rings is 1. The zero-order valence-electron chi connectivity index (χ0n) is 17.0. The number of nitrogens with one attached hydrogen (secondary N) is 1. The minimum absolute atomic E-state index is 0.312. The average Bonchev–Trinajstić information content (AvgIpc) is 2.91. The van der Waals surface area contributed by atoms with Crippen molar-refractivity contribution in [1.29, 1.82) is 0 Å². The van der Waals surface area contributed by atoms with Gasteiger partial charge in [0, 0.05) is 12.6 Å². The second-order valence-electron chi connectivity index (χ2n) is 7.96. The molecule has 1 aliphatic heterocycles. The number of amides is 3. The Balaban J connectivity index is 1.69. The molecule has 0 aromatic heterocycles. The Labute approximate surface area is 171 Å². The second kappa shape index (κ2) is 7.78. The summed E-state index contributed by atoms with van der Waals surface area (Å²) in [5, 5.41) is 2.82. The molecular formula is C20H27N3O5S. The number of hydrogen-bond donors (Lipinski definition) is 1. The van der Waals surface area contributed by atoms with Crippen LogP contribution in [0.1, 0.15) is 49.4 Å². The van der Waals surface area contributed by atoms with Gasteiger partial charge in [-0.05, 0) is 55.9 Å². The van der Waals surface area contributed by atoms with Gasteiger partial charge in [-0.2, -0.15) is 0 Å². The Bertz CT molecular complexity index is 918. The molecule has 0 unspecified atom stereocenters. The van der Waals surface area contributed by atoms with Gasteiger partial charge in [-0.25, -0.2) is 13.2 Å². The first-order valence-electron chi connectivity index (χ1n) is 9.78. The van der Waals surface area contributed by atoms with Gasteiger partial charge in [0.25, 0.3) is 5.91 Å². The number of carbonyl (C=O) groups is 3. The van der Waals surface area contributed by atoms with Gasteiger partial charge in [0.1, 0.15) is 5.54 Å². The lowest BCUT2D eigenvalue weighted by molar-refractivity contribution is -0.132. The van der Waals surface area contributed by atoms with Gasteiger partial charge in [-0.1, -0.05) is 13.3 Å². The van der Waals surface area contributed by atoms with Crippen LogP contribution in [-0.2, 0) is 14.8 Å². The van der Waals surface area contributed by atoms with Gasteiger partial charge in [-0.15, -0.1) is 0 Å². The highest BCUT2D eigenvalue weighted by Gasteiger charge is 2.52. The Morgan fingerprint density at radius 3 is 2.31 bits per heavy atom. The number of urea groups is 1. The van der Waals surface area contributed by atoms with Crippen molar-refractivity contribution in [2.45, 2.75) is 44.6 Å². The molecule has 1 saturated heterocycles. The number of imide groups is 1. The summed E-state index contributed by atoms with van der Waals surface area (Å²) in [6, 6.07) is 5.52. The highest BCUT2D eigenvalue weighted by Crippen LogP contribution is 2.37. The first kappa shape index (κ1) is 21.3. The number of ketones is 1. The van der Waals surface area contributed by atoms with Crippen LogP contribution in [0.5, 0.6) is 0 Å². The molecule has 0 radical (unpaired) electrons. The zero-order valence-corrected chi connectivity index (χ0v) is 17.8. The molecular weight excluding hydrogens is 394 g/mol. The van der Waals surface area contributed by atoms with Crippen LogP contribution in [-0.4, -0.2) is 56.4 Å². The number of Topliss-reactive ketones (excluding diaryl/α,β-unsaturated/α-hetero) is 1. The van der Waals surface area contributed by atoms with Gasteiger partial charge in [0.15, 0.2) is 5.78 Å². The summed E-state index contributed by atoms with van der Waals surface area (Å²) in [4.78, 5) is 39.0. The third-order valence-corrected chi connectivity index (χ3v) is 7.34. The quantitative estimate of drug-likeness (QED) is 0.560. The molecule has 1 aromatic carbocycles. The number of nitrogens with zero attached hydrogens (tertiary/aromatic N) is 2. The predicted octanol–water partition coefficient (Wildman–Crippen LogP) is 2.16. The molecule has 1 N–H and O–H groups in total. The summed E-state index contributed by atoms with van der Waals surface area (Å²) in [6.07, 6.45) is 5.14. The van der Waals surface area contributed by atoms with E-state index in [0.717, 1.165) is 34.7 Å². The number of hydrogen-bond acceptors (Lipinski definition) is 5. The van der Waals surface area contributed by atoms with Crippen molar-refractivity contribution in [2.24, 2.45) is 5.92 Å². The summed E-state index contributed by atoms with van der Waals surface area (Å²) in [6.45, 7) is 1.80. The zero-order chi connectivity index (χ0) is 21.4. The fraction of sp³-hybridized carbons (Fsp3) is 0.550. The molecule has 8 nitrogen and oxygen atoms in total. The second-order valence-corrected chi connectivity index (χ2v) is 9.97. The topological polar surface area (TPSA) is 104 Å². The summed E-state index contributed by atoms with van der Waals surface area (Å²) in [5.74, 6) is -0.121. The summed E-state index contributed by atoms with van der Waals surface area (Å²) < 4.78 is 24.3. The number of rotatable bonds is 6. The van der Waals surface area contributed by atoms with Crippen LogP contribution in [0.3, 0.4) is 0 Å². The molecule has 1 aromatic rings. The van der Waals surface area contributed by atoms with Crippen LogP contribution >= 0.6 is 0 Å². The maximum atomic E-state index is 12.9. The van der Waals surface area contributed by atoms with Crippen molar-refractivity contribution in [3.05, 3.63) is 29.8 Å². The number of sulfonamides is 1. The van der Waals surface area contributed by atoms with Gasteiger partial charge >= 0.3 is 6.03 Å². The van der Waals surface area contributed by atoms with Crippen LogP contribution < -0.4 is 9.62 Å². The maximum Gasteiger partial charge on any atom is 0.325 e. The Morgan fingerprint density at radius 1 is 1.21 bits per heavy atom. The molecule has 3 amide bonds. The molecule has 0 bridgehead atoms. The van der Waals surface area contributed by atoms with E-state index in [2.05, 4.69) is 12.2 Å². The van der Waals surface area contributed by atoms with E-state index in [9.17, 15) is 22.8 Å². The highest BCUT2D eigenvalue weighted by molar-refractivity contribution is 7.92. The van der Waals surface area contributed by atoms with Gasteiger partial charge in [0.05, 0.1) is 18.5 Å². The Morgan fingerprint density at radius 2 is 1.79 bits per heavy atom. The third-order valence-electron chi connectivity index (χ3n) is 6.13. The first-order valence-corrected chi connectivity index (χ1v) is 11.6. The third kappa shape index (κ3) is 4.14. The van der Waals surface area contributed by atoms with Gasteiger partial charge < -0.3 is 5.32 Å². The lowest BCUT2D eigenvalue weighted by atomic mass is 9.75. The first-order chi connectivity index (χ1) is 13.6. The van der Waals surface area contributed by atoms with Crippen LogP contribution in [0.25, 0.3) is 0 Å². The SMILES string of the molecule is CCC1CCC2(CC1)NC(=O)N(CC(=O)c1ccc(N(C)S(C)(=O)=O)cc1)C2=O. The molecule has 29 heavy (non-hydrogen) atoms. The molecule has 1 aliphatic carbocycles. The smallest absolute Gasteiger partial charge is 0.323 e. The molecule has 2 aliphatic rings. The monoisotopic (exact) mass is 421 g/mol. The van der Waals surface area contributed by atoms with Crippen molar-refractivity contribution in [1.82, 2.24) is 10.2 Å². The summed E-state index contributed by atoms with van der Waals surface area (Å²) in [7, 11) is -1.98. The average molecular weight is 422 g/mol. The van der Waals surface area contributed by atoms with E-state index in [1.165, 1.54) is 31.3 Å². The maximum absolute atomic E-state index is 12.9. The predicted molar refractivity (Wildman–Crippen MR) is 109 cm³/mol. The molecule has 1 heterocycles. The van der Waals surface area contributed by atoms with Gasteiger partial charge in [-0.3, -0.25) is 18.8 Å². The van der Waals surface area contributed by atoms with Crippen molar-refractivity contribution in [3.63, 3.8) is 0 Å². The fourth-order valence-corrected chi connectivity index (χ4v) is 4.53. The molecule has 1 saturated carbocycles. The summed E-state index contributed by atoms with van der Waals surface area (Å²) in [5.41, 5.74) is -0.136. The van der Waals surface area contributed by atoms with Crippen LogP contribution in [0, 0.1) is 5.92 Å². The Kier molecular flexibility index (Phi) is 5.71. The minimum atomic E-state index is -3.40. The lowest BCUT2D eigenvalue weighted by Crippen LogP contribution is -2.49. The van der Waals surface area contributed by atoms with E-state index >= 15 is 0 Å². The van der Waals surface area contributed by atoms with E-state index < -0.39 is 21.6 Å². The van der Waals surface area contributed by atoms with Crippen LogP contribution in [0.4, 0.5) is 10.5 Å². The van der Waals surface area contributed by atoms with E-state index in [4.69, 9.17) is 0 Å². The molecule has 9 heteroatoms. The van der Waals surface area contributed by atoms with Crippen molar-refractivity contribution in [3.8, 4) is 0 Å². The van der Waals surface area contributed by atoms with Crippen molar-refractivity contribution >= 4 is 33.4 Å². The van der Waals surface area contributed by atoms with Crippen LogP contribution in [0.2, 0.25) is 0 Å². The van der Waals surface area contributed by atoms with E-state index in [1.54, 1.807) is 0 Å². The molecule has 1 spiro atoms. The lowest BCUT2D eigenvalue weighted by Gasteiger charge is -2.34. The van der Waals surface area contributed by atoms with E-state index in [0.29, 0.717) is 30.0 Å². The molecule has 0 atom stereocenters. The van der Waals surface area contributed by atoms with Crippen LogP contribution in [0.15, 0.2) is 24.3 Å². The fourth-order valence-electron chi connectivity index (χ4n) is 4.02. The normalized spacial score (nSPS) is 24.7. The van der Waals surface area contributed by atoms with Gasteiger partial charge in [0.2, 0.25) is 10.0 Å². The largest absolute Gasteiger partial charge is 0.325 e. The minimum Gasteiger partial charge on any atom is -0.323 e. The number of anilines is 1.